The van der Waals surface area contributed by atoms with Crippen molar-refractivity contribution < 1.29 is 4.74 Å². The molecule has 1 N–H and O–H groups in total. The van der Waals surface area contributed by atoms with Gasteiger partial charge in [0.2, 0.25) is 0 Å². The largest absolute Gasteiger partial charge is 0.486 e. The summed E-state index contributed by atoms with van der Waals surface area (Å²) in [4.78, 5) is 4.12. The van der Waals surface area contributed by atoms with Crippen LogP contribution in [0.2, 0.25) is 0 Å². The summed E-state index contributed by atoms with van der Waals surface area (Å²) < 4.78 is 5.88. The molecule has 3 heteroatoms. The van der Waals surface area contributed by atoms with E-state index in [9.17, 15) is 0 Å². The van der Waals surface area contributed by atoms with E-state index >= 15 is 0 Å². The molecule has 1 aliphatic carbocycles. The lowest BCUT2D eigenvalue weighted by molar-refractivity contribution is 0.128. The van der Waals surface area contributed by atoms with Gasteiger partial charge in [-0.2, -0.15) is 0 Å². The molecule has 16 heavy (non-hydrogen) atoms. The van der Waals surface area contributed by atoms with Gasteiger partial charge < -0.3 is 10.1 Å². The molecule has 1 saturated carbocycles. The summed E-state index contributed by atoms with van der Waals surface area (Å²) in [6.07, 6.45) is 6.23. The smallest absolute Gasteiger partial charge is 0.142 e. The van der Waals surface area contributed by atoms with Gasteiger partial charge in [0.05, 0.1) is 6.20 Å². The Morgan fingerprint density at radius 2 is 2.19 bits per heavy atom. The Kier molecular flexibility index (Phi) is 3.15. The molecule has 0 aromatic carbocycles. The molecule has 0 radical (unpaired) electrons. The minimum atomic E-state index is -0.169. The van der Waals surface area contributed by atoms with Crippen LogP contribution in [0.15, 0.2) is 18.5 Å². The zero-order valence-corrected chi connectivity index (χ0v) is 10.3. The maximum Gasteiger partial charge on any atom is 0.142 e. The lowest BCUT2D eigenvalue weighted by Gasteiger charge is -2.23. The van der Waals surface area contributed by atoms with Crippen molar-refractivity contribution in [2.75, 3.05) is 0 Å². The molecule has 1 heterocycles. The number of ether oxygens (including phenoxy) is 1. The number of hydrogen-bond acceptors (Lipinski definition) is 3. The molecule has 0 atom stereocenters. The second-order valence-corrected chi connectivity index (χ2v) is 5.35. The van der Waals surface area contributed by atoms with Crippen LogP contribution in [0.4, 0.5) is 0 Å². The molecule has 0 spiro atoms. The molecular formula is C13H20N2O. The predicted molar refractivity (Wildman–Crippen MR) is 64.5 cm³/mol. The highest BCUT2D eigenvalue weighted by Gasteiger charge is 2.21. The predicted octanol–water partition coefficient (Wildman–Crippen LogP) is 2.51. The lowest BCUT2D eigenvalue weighted by atomic mass is 10.1. The highest BCUT2D eigenvalue weighted by atomic mass is 16.5. The average molecular weight is 220 g/mol. The van der Waals surface area contributed by atoms with Crippen molar-refractivity contribution in [3.8, 4) is 5.75 Å². The first-order valence-electron chi connectivity index (χ1n) is 5.90. The quantitative estimate of drug-likeness (QED) is 0.846. The van der Waals surface area contributed by atoms with E-state index in [4.69, 9.17) is 4.74 Å². The molecule has 2 rings (SSSR count). The fourth-order valence-electron chi connectivity index (χ4n) is 1.52. The summed E-state index contributed by atoms with van der Waals surface area (Å²) in [6, 6.07) is 2.74. The molecular weight excluding hydrogens is 200 g/mol. The van der Waals surface area contributed by atoms with E-state index in [0.717, 1.165) is 18.3 Å². The number of nitrogens with one attached hydrogen (secondary N) is 1. The van der Waals surface area contributed by atoms with E-state index in [1.54, 1.807) is 6.20 Å². The molecule has 0 saturated heterocycles. The zero-order valence-electron chi connectivity index (χ0n) is 10.3. The third-order valence-corrected chi connectivity index (χ3v) is 2.44. The van der Waals surface area contributed by atoms with Crippen molar-refractivity contribution in [1.29, 1.82) is 0 Å². The highest BCUT2D eigenvalue weighted by Crippen LogP contribution is 2.24. The molecule has 1 aliphatic rings. The summed E-state index contributed by atoms with van der Waals surface area (Å²) in [6.45, 7) is 7.03. The fraction of sp³-hybridized carbons (Fsp3) is 0.615. The third-order valence-electron chi connectivity index (χ3n) is 2.44. The van der Waals surface area contributed by atoms with Gasteiger partial charge >= 0.3 is 0 Å². The molecule has 1 aromatic heterocycles. The van der Waals surface area contributed by atoms with Crippen molar-refractivity contribution >= 4 is 0 Å². The van der Waals surface area contributed by atoms with Gasteiger partial charge in [0.15, 0.2) is 0 Å². The topological polar surface area (TPSA) is 34.1 Å². The van der Waals surface area contributed by atoms with Crippen LogP contribution in [-0.2, 0) is 6.54 Å². The zero-order chi connectivity index (χ0) is 11.6. The normalized spacial score (nSPS) is 16.2. The van der Waals surface area contributed by atoms with Gasteiger partial charge in [-0.15, -0.1) is 0 Å². The highest BCUT2D eigenvalue weighted by molar-refractivity contribution is 5.30. The van der Waals surface area contributed by atoms with Gasteiger partial charge in [0.25, 0.3) is 0 Å². The molecule has 3 nitrogen and oxygen atoms in total. The van der Waals surface area contributed by atoms with Gasteiger partial charge in [-0.25, -0.2) is 0 Å². The van der Waals surface area contributed by atoms with Crippen LogP contribution >= 0.6 is 0 Å². The molecule has 1 aromatic rings. The van der Waals surface area contributed by atoms with Crippen LogP contribution in [0.5, 0.6) is 5.75 Å². The van der Waals surface area contributed by atoms with E-state index in [1.807, 2.05) is 12.3 Å². The van der Waals surface area contributed by atoms with Crippen LogP contribution in [0, 0.1) is 0 Å². The minimum Gasteiger partial charge on any atom is -0.486 e. The Bertz CT molecular complexity index is 353. The summed E-state index contributed by atoms with van der Waals surface area (Å²) in [5, 5.41) is 3.49. The summed E-state index contributed by atoms with van der Waals surface area (Å²) in [5.41, 5.74) is 1.02. The Hall–Kier alpha value is -1.09. The maximum absolute atomic E-state index is 5.88. The summed E-state index contributed by atoms with van der Waals surface area (Å²) >= 11 is 0. The SMILES string of the molecule is CC(C)(C)Oc1cnccc1CNC1CC1. The molecule has 88 valence electrons. The first-order valence-corrected chi connectivity index (χ1v) is 5.90. The van der Waals surface area contributed by atoms with Crippen LogP contribution in [0.1, 0.15) is 39.2 Å². The monoisotopic (exact) mass is 220 g/mol. The number of pyridine rings is 1. The van der Waals surface area contributed by atoms with Crippen LogP contribution in [0.25, 0.3) is 0 Å². The minimum absolute atomic E-state index is 0.169. The molecule has 0 aliphatic heterocycles. The van der Waals surface area contributed by atoms with Crippen molar-refractivity contribution in [2.45, 2.75) is 51.8 Å². The second kappa shape index (κ2) is 4.42. The Labute approximate surface area is 97.2 Å². The molecule has 0 bridgehead atoms. The standard InChI is InChI=1S/C13H20N2O/c1-13(2,3)16-12-9-14-7-6-10(12)8-15-11-4-5-11/h6-7,9,11,15H,4-5,8H2,1-3H3. The fourth-order valence-corrected chi connectivity index (χ4v) is 1.52. The van der Waals surface area contributed by atoms with Crippen molar-refractivity contribution in [3.63, 3.8) is 0 Å². The van der Waals surface area contributed by atoms with Gasteiger partial charge in [0.1, 0.15) is 11.4 Å². The van der Waals surface area contributed by atoms with E-state index in [0.29, 0.717) is 0 Å². The van der Waals surface area contributed by atoms with Crippen molar-refractivity contribution in [2.24, 2.45) is 0 Å². The Morgan fingerprint density at radius 3 is 2.81 bits per heavy atom. The first-order chi connectivity index (χ1) is 7.54. The summed E-state index contributed by atoms with van der Waals surface area (Å²) in [7, 11) is 0. The van der Waals surface area contributed by atoms with Gasteiger partial charge in [-0.3, -0.25) is 4.98 Å². The number of aromatic nitrogens is 1. The van der Waals surface area contributed by atoms with Crippen molar-refractivity contribution in [3.05, 3.63) is 24.0 Å². The van der Waals surface area contributed by atoms with Gasteiger partial charge in [-0.1, -0.05) is 0 Å². The van der Waals surface area contributed by atoms with E-state index in [-0.39, 0.29) is 5.60 Å². The van der Waals surface area contributed by atoms with Gasteiger partial charge in [-0.05, 0) is 39.7 Å². The average Bonchev–Trinajstić information content (AvgIpc) is 2.98. The summed E-state index contributed by atoms with van der Waals surface area (Å²) in [5.74, 6) is 0.892. The van der Waals surface area contributed by atoms with Gasteiger partial charge in [0, 0.05) is 24.3 Å². The number of nitrogens with zero attached hydrogens (tertiary/aromatic N) is 1. The van der Waals surface area contributed by atoms with Crippen LogP contribution < -0.4 is 10.1 Å². The Morgan fingerprint density at radius 1 is 1.44 bits per heavy atom. The van der Waals surface area contributed by atoms with E-state index in [1.165, 1.54) is 18.4 Å². The number of rotatable bonds is 4. The molecule has 0 amide bonds. The molecule has 0 unspecified atom stereocenters. The van der Waals surface area contributed by atoms with E-state index in [2.05, 4.69) is 31.1 Å². The van der Waals surface area contributed by atoms with Crippen LogP contribution in [0.3, 0.4) is 0 Å². The second-order valence-electron chi connectivity index (χ2n) is 5.35. The Balaban J connectivity index is 2.03. The van der Waals surface area contributed by atoms with Crippen molar-refractivity contribution in [1.82, 2.24) is 10.3 Å². The lowest BCUT2D eigenvalue weighted by Crippen LogP contribution is -2.24. The third kappa shape index (κ3) is 3.49. The number of hydrogen-bond donors (Lipinski definition) is 1. The molecule has 1 fully saturated rings. The first kappa shape index (κ1) is 11.4. The van der Waals surface area contributed by atoms with Crippen LogP contribution in [-0.4, -0.2) is 16.6 Å². The maximum atomic E-state index is 5.88. The van der Waals surface area contributed by atoms with E-state index < -0.39 is 0 Å².